The minimum Gasteiger partial charge on any atom is -0.490 e. The van der Waals surface area contributed by atoms with Crippen LogP contribution in [-0.4, -0.2) is 36.8 Å². The van der Waals surface area contributed by atoms with Crippen LogP contribution in [0, 0.1) is 0 Å². The van der Waals surface area contributed by atoms with Crippen LogP contribution in [0.1, 0.15) is 65.7 Å². The molecule has 4 N–H and O–H groups in total. The molecule has 39 heavy (non-hydrogen) atoms. The summed E-state index contributed by atoms with van der Waals surface area (Å²) in [4.78, 5) is 48.2. The van der Waals surface area contributed by atoms with Crippen LogP contribution >= 0.6 is 0 Å². The molecule has 0 radical (unpaired) electrons. The predicted molar refractivity (Wildman–Crippen MR) is 148 cm³/mol. The van der Waals surface area contributed by atoms with Crippen molar-refractivity contribution in [3.8, 4) is 11.5 Å². The fourth-order valence-corrected chi connectivity index (χ4v) is 3.34. The Labute approximate surface area is 228 Å². The molecule has 10 nitrogen and oxygen atoms in total. The Bertz CT molecular complexity index is 1010. The SMILES string of the molecule is C=CCOc1ccc(C(=O)NNC(=O)CCCCCCCC(=O)NNC(=O)c2ccc(OCC=C)cc2)cc1. The zero-order valence-corrected chi connectivity index (χ0v) is 22.0. The minimum atomic E-state index is -0.417. The number of carbonyl (C=O) groups excluding carboxylic acids is 4. The number of hydrogen-bond donors (Lipinski definition) is 4. The second-order valence-electron chi connectivity index (χ2n) is 8.52. The van der Waals surface area contributed by atoms with E-state index in [2.05, 4.69) is 34.9 Å². The maximum Gasteiger partial charge on any atom is 0.269 e. The van der Waals surface area contributed by atoms with Crippen molar-refractivity contribution in [3.05, 3.63) is 85.0 Å². The van der Waals surface area contributed by atoms with Crippen molar-refractivity contribution in [2.24, 2.45) is 0 Å². The van der Waals surface area contributed by atoms with E-state index in [1.807, 2.05) is 0 Å². The van der Waals surface area contributed by atoms with E-state index in [9.17, 15) is 19.2 Å². The van der Waals surface area contributed by atoms with Crippen molar-refractivity contribution < 1.29 is 28.7 Å². The topological polar surface area (TPSA) is 135 Å². The Morgan fingerprint density at radius 3 is 1.28 bits per heavy atom. The van der Waals surface area contributed by atoms with Crippen molar-refractivity contribution >= 4 is 23.6 Å². The first kappa shape index (κ1) is 30.6. The number of rotatable bonds is 16. The molecule has 208 valence electrons. The van der Waals surface area contributed by atoms with Crippen molar-refractivity contribution in [2.75, 3.05) is 13.2 Å². The first-order valence-corrected chi connectivity index (χ1v) is 12.8. The Morgan fingerprint density at radius 2 is 0.923 bits per heavy atom. The summed E-state index contributed by atoms with van der Waals surface area (Å²) in [5, 5.41) is 0. The first-order valence-electron chi connectivity index (χ1n) is 12.8. The van der Waals surface area contributed by atoms with Crippen LogP contribution in [0.2, 0.25) is 0 Å². The molecule has 0 fully saturated rings. The van der Waals surface area contributed by atoms with Gasteiger partial charge in [0.2, 0.25) is 11.8 Å². The number of hydrazine groups is 2. The van der Waals surface area contributed by atoms with Gasteiger partial charge in [0, 0.05) is 24.0 Å². The maximum atomic E-state index is 12.1. The standard InChI is InChI=1S/C29H36N4O6/c1-3-20-38-24-16-12-22(13-17-24)28(36)32-30-26(34)10-8-6-5-7-9-11-27(35)31-33-29(37)23-14-18-25(19-15-23)39-21-4-2/h3-4,12-19H,1-2,5-11,20-21H2,(H,30,34)(H,31,35)(H,32,36)(H,33,37). The minimum absolute atomic E-state index is 0.275. The van der Waals surface area contributed by atoms with E-state index in [4.69, 9.17) is 9.47 Å². The molecule has 4 amide bonds. The lowest BCUT2D eigenvalue weighted by molar-refractivity contribution is -0.122. The summed E-state index contributed by atoms with van der Waals surface area (Å²) in [6.45, 7) is 7.90. The molecule has 0 aliphatic heterocycles. The molecule has 0 bridgehead atoms. The van der Waals surface area contributed by atoms with Gasteiger partial charge in [-0.25, -0.2) is 0 Å². The molecule has 0 saturated carbocycles. The smallest absolute Gasteiger partial charge is 0.269 e. The van der Waals surface area contributed by atoms with Crippen molar-refractivity contribution in [1.29, 1.82) is 0 Å². The first-order chi connectivity index (χ1) is 18.9. The van der Waals surface area contributed by atoms with Crippen molar-refractivity contribution in [2.45, 2.75) is 44.9 Å². The fraction of sp³-hybridized carbons (Fsp3) is 0.310. The number of nitrogens with one attached hydrogen (secondary N) is 4. The fourth-order valence-electron chi connectivity index (χ4n) is 3.34. The molecule has 0 saturated heterocycles. The Morgan fingerprint density at radius 1 is 0.564 bits per heavy atom. The zero-order valence-electron chi connectivity index (χ0n) is 22.0. The van der Waals surface area contributed by atoms with Gasteiger partial charge >= 0.3 is 0 Å². The van der Waals surface area contributed by atoms with Gasteiger partial charge in [-0.3, -0.25) is 40.9 Å². The van der Waals surface area contributed by atoms with Crippen LogP contribution in [0.4, 0.5) is 0 Å². The summed E-state index contributed by atoms with van der Waals surface area (Å²) in [5.74, 6) is -0.140. The van der Waals surface area contributed by atoms with E-state index in [-0.39, 0.29) is 24.7 Å². The number of unbranched alkanes of at least 4 members (excludes halogenated alkanes) is 4. The van der Waals surface area contributed by atoms with Gasteiger partial charge in [-0.05, 0) is 61.4 Å². The molecule has 0 aliphatic rings. The van der Waals surface area contributed by atoms with Gasteiger partial charge in [0.25, 0.3) is 11.8 Å². The van der Waals surface area contributed by atoms with E-state index in [1.54, 1.807) is 60.7 Å². The van der Waals surface area contributed by atoms with Crippen molar-refractivity contribution in [3.63, 3.8) is 0 Å². The molecule has 2 rings (SSSR count). The molecule has 10 heteroatoms. The number of amides is 4. The van der Waals surface area contributed by atoms with Gasteiger partial charge in [-0.1, -0.05) is 44.6 Å². The molecule has 2 aromatic carbocycles. The number of ether oxygens (including phenoxy) is 2. The summed E-state index contributed by atoms with van der Waals surface area (Å²) < 4.78 is 10.7. The summed E-state index contributed by atoms with van der Waals surface area (Å²) in [6.07, 6.45) is 7.64. The normalized spacial score (nSPS) is 10.1. The summed E-state index contributed by atoms with van der Waals surface area (Å²) in [5.41, 5.74) is 10.4. The summed E-state index contributed by atoms with van der Waals surface area (Å²) in [6, 6.07) is 13.1. The van der Waals surface area contributed by atoms with Crippen molar-refractivity contribution in [1.82, 2.24) is 21.7 Å². The van der Waals surface area contributed by atoms with Gasteiger partial charge in [0.05, 0.1) is 0 Å². The van der Waals surface area contributed by atoms with Crippen LogP contribution in [0.15, 0.2) is 73.8 Å². The molecule has 0 spiro atoms. The lowest BCUT2D eigenvalue weighted by Gasteiger charge is -2.09. The molecular formula is C29H36N4O6. The van der Waals surface area contributed by atoms with Gasteiger partial charge in [-0.15, -0.1) is 0 Å². The second-order valence-corrected chi connectivity index (χ2v) is 8.52. The molecule has 0 heterocycles. The highest BCUT2D eigenvalue weighted by molar-refractivity contribution is 5.96. The Kier molecular flexibility index (Phi) is 14.0. The van der Waals surface area contributed by atoms with E-state index in [1.165, 1.54) is 0 Å². The van der Waals surface area contributed by atoms with Crippen LogP contribution in [0.5, 0.6) is 11.5 Å². The van der Waals surface area contributed by atoms with Gasteiger partial charge < -0.3 is 9.47 Å². The van der Waals surface area contributed by atoms with Crippen LogP contribution < -0.4 is 31.2 Å². The van der Waals surface area contributed by atoms with E-state index >= 15 is 0 Å². The molecule has 2 aromatic rings. The molecule has 0 unspecified atom stereocenters. The molecule has 0 atom stereocenters. The lowest BCUT2D eigenvalue weighted by Crippen LogP contribution is -2.41. The molecular weight excluding hydrogens is 500 g/mol. The summed E-state index contributed by atoms with van der Waals surface area (Å²) >= 11 is 0. The molecule has 0 aromatic heterocycles. The third-order valence-corrected chi connectivity index (χ3v) is 5.41. The van der Waals surface area contributed by atoms with Crippen LogP contribution in [0.25, 0.3) is 0 Å². The number of hydrogen-bond acceptors (Lipinski definition) is 6. The van der Waals surface area contributed by atoms with E-state index in [0.717, 1.165) is 19.3 Å². The number of carbonyl (C=O) groups is 4. The third kappa shape index (κ3) is 12.5. The van der Waals surface area contributed by atoms with E-state index in [0.29, 0.717) is 48.7 Å². The summed E-state index contributed by atoms with van der Waals surface area (Å²) in [7, 11) is 0. The number of benzene rings is 2. The second kappa shape index (κ2) is 17.8. The Hall–Kier alpha value is -4.60. The third-order valence-electron chi connectivity index (χ3n) is 5.41. The largest absolute Gasteiger partial charge is 0.490 e. The highest BCUT2D eigenvalue weighted by Crippen LogP contribution is 2.13. The monoisotopic (exact) mass is 536 g/mol. The highest BCUT2D eigenvalue weighted by atomic mass is 16.5. The quantitative estimate of drug-likeness (QED) is 0.147. The van der Waals surface area contributed by atoms with Gasteiger partial charge in [0.1, 0.15) is 24.7 Å². The average molecular weight is 537 g/mol. The molecule has 0 aliphatic carbocycles. The Balaban J connectivity index is 1.49. The van der Waals surface area contributed by atoms with Gasteiger partial charge in [0.15, 0.2) is 0 Å². The predicted octanol–water partition coefficient (Wildman–Crippen LogP) is 3.77. The van der Waals surface area contributed by atoms with E-state index < -0.39 is 11.8 Å². The maximum absolute atomic E-state index is 12.1. The zero-order chi connectivity index (χ0) is 28.3. The van der Waals surface area contributed by atoms with Gasteiger partial charge in [-0.2, -0.15) is 0 Å². The van der Waals surface area contributed by atoms with Crippen LogP contribution in [-0.2, 0) is 9.59 Å². The average Bonchev–Trinajstić information content (AvgIpc) is 2.96. The lowest BCUT2D eigenvalue weighted by atomic mass is 10.1. The highest BCUT2D eigenvalue weighted by Gasteiger charge is 2.09. The van der Waals surface area contributed by atoms with Crippen LogP contribution in [0.3, 0.4) is 0 Å².